The fourth-order valence-corrected chi connectivity index (χ4v) is 3.12. The summed E-state index contributed by atoms with van der Waals surface area (Å²) in [5.41, 5.74) is 2.81. The molecular formula is C15H14BrFIN. The second-order valence-corrected chi connectivity index (χ2v) is 6.49. The molecule has 0 spiro atoms. The molecular weight excluding hydrogens is 420 g/mol. The second-order valence-electron chi connectivity index (χ2n) is 4.41. The van der Waals surface area contributed by atoms with Crippen LogP contribution in [0, 0.1) is 16.3 Å². The Bertz CT molecular complexity index is 549. The van der Waals surface area contributed by atoms with Crippen molar-refractivity contribution in [3.63, 3.8) is 0 Å². The average Bonchev–Trinajstić information content (AvgIpc) is 2.38. The Morgan fingerprint density at radius 1 is 1.16 bits per heavy atom. The molecule has 2 rings (SSSR count). The molecule has 0 aliphatic heterocycles. The average molecular weight is 434 g/mol. The Hall–Kier alpha value is -0.460. The summed E-state index contributed by atoms with van der Waals surface area (Å²) in [6.07, 6.45) is 0. The molecule has 0 radical (unpaired) electrons. The number of rotatable bonds is 3. The molecule has 4 heteroatoms. The molecule has 0 heterocycles. The van der Waals surface area contributed by atoms with Crippen LogP contribution in [0.4, 0.5) is 4.39 Å². The van der Waals surface area contributed by atoms with Gasteiger partial charge in [-0.05, 0) is 66.4 Å². The summed E-state index contributed by atoms with van der Waals surface area (Å²) in [4.78, 5) is 0. The highest BCUT2D eigenvalue weighted by molar-refractivity contribution is 14.1. The van der Waals surface area contributed by atoms with Crippen LogP contribution in [0.1, 0.15) is 22.7 Å². The van der Waals surface area contributed by atoms with Gasteiger partial charge in [0, 0.05) is 13.6 Å². The zero-order valence-corrected chi connectivity index (χ0v) is 14.4. The van der Waals surface area contributed by atoms with Crippen molar-refractivity contribution in [3.8, 4) is 0 Å². The Morgan fingerprint density at radius 3 is 2.58 bits per heavy atom. The minimum Gasteiger partial charge on any atom is -0.309 e. The van der Waals surface area contributed by atoms with Crippen molar-refractivity contribution in [1.82, 2.24) is 5.32 Å². The van der Waals surface area contributed by atoms with E-state index in [1.807, 2.05) is 38.2 Å². The van der Waals surface area contributed by atoms with Gasteiger partial charge in [-0.3, -0.25) is 0 Å². The zero-order chi connectivity index (χ0) is 14.0. The largest absolute Gasteiger partial charge is 0.309 e. The quantitative estimate of drug-likeness (QED) is 0.685. The van der Waals surface area contributed by atoms with Gasteiger partial charge in [-0.1, -0.05) is 33.6 Å². The van der Waals surface area contributed by atoms with Gasteiger partial charge in [0.2, 0.25) is 0 Å². The predicted molar refractivity (Wildman–Crippen MR) is 88.9 cm³/mol. The summed E-state index contributed by atoms with van der Waals surface area (Å²) in [5, 5.41) is 3.21. The lowest BCUT2D eigenvalue weighted by Gasteiger charge is -2.20. The Labute approximate surface area is 134 Å². The van der Waals surface area contributed by atoms with E-state index in [9.17, 15) is 4.39 Å². The molecule has 1 nitrogen and oxygen atoms in total. The van der Waals surface area contributed by atoms with Gasteiger partial charge in [-0.2, -0.15) is 0 Å². The van der Waals surface area contributed by atoms with E-state index in [2.05, 4.69) is 43.8 Å². The molecule has 0 bridgehead atoms. The van der Waals surface area contributed by atoms with Crippen molar-refractivity contribution < 1.29 is 4.39 Å². The van der Waals surface area contributed by atoms with Crippen molar-refractivity contribution >= 4 is 38.5 Å². The second kappa shape index (κ2) is 6.33. The number of aryl methyl sites for hydroxylation is 1. The Morgan fingerprint density at radius 2 is 1.89 bits per heavy atom. The van der Waals surface area contributed by atoms with Crippen LogP contribution in [0.2, 0.25) is 0 Å². The summed E-state index contributed by atoms with van der Waals surface area (Å²) in [5.74, 6) is -0.180. The zero-order valence-electron chi connectivity index (χ0n) is 10.7. The number of benzene rings is 2. The van der Waals surface area contributed by atoms with E-state index in [1.54, 1.807) is 6.07 Å². The van der Waals surface area contributed by atoms with Gasteiger partial charge in [0.25, 0.3) is 0 Å². The van der Waals surface area contributed by atoms with Gasteiger partial charge in [0.1, 0.15) is 5.82 Å². The fraction of sp³-hybridized carbons (Fsp3) is 0.200. The lowest BCUT2D eigenvalue weighted by Crippen LogP contribution is -2.20. The third-order valence-electron chi connectivity index (χ3n) is 3.02. The van der Waals surface area contributed by atoms with Crippen LogP contribution in [-0.4, -0.2) is 7.05 Å². The van der Waals surface area contributed by atoms with Gasteiger partial charge in [-0.15, -0.1) is 0 Å². The van der Waals surface area contributed by atoms with E-state index in [4.69, 9.17) is 0 Å². The van der Waals surface area contributed by atoms with Gasteiger partial charge in [0.15, 0.2) is 0 Å². The molecule has 0 saturated heterocycles. The molecule has 2 aromatic rings. The topological polar surface area (TPSA) is 12.0 Å². The summed E-state index contributed by atoms with van der Waals surface area (Å²) in [7, 11) is 1.85. The van der Waals surface area contributed by atoms with E-state index in [0.717, 1.165) is 19.2 Å². The number of nitrogens with one attached hydrogen (secondary N) is 1. The summed E-state index contributed by atoms with van der Waals surface area (Å²) in [6.45, 7) is 1.97. The molecule has 1 unspecified atom stereocenters. The molecule has 100 valence electrons. The summed E-state index contributed by atoms with van der Waals surface area (Å²) >= 11 is 5.75. The van der Waals surface area contributed by atoms with E-state index >= 15 is 0 Å². The first-order chi connectivity index (χ1) is 9.02. The van der Waals surface area contributed by atoms with Crippen molar-refractivity contribution in [1.29, 1.82) is 0 Å². The molecule has 0 fully saturated rings. The number of hydrogen-bond acceptors (Lipinski definition) is 1. The maximum absolute atomic E-state index is 14.1. The first kappa shape index (κ1) is 14.9. The molecule has 19 heavy (non-hydrogen) atoms. The van der Waals surface area contributed by atoms with Gasteiger partial charge < -0.3 is 5.32 Å². The van der Waals surface area contributed by atoms with Crippen molar-refractivity contribution in [2.45, 2.75) is 13.0 Å². The fourth-order valence-electron chi connectivity index (χ4n) is 2.10. The number of halogens is 3. The van der Waals surface area contributed by atoms with E-state index in [0.29, 0.717) is 5.56 Å². The van der Waals surface area contributed by atoms with E-state index in [-0.39, 0.29) is 11.9 Å². The van der Waals surface area contributed by atoms with Crippen LogP contribution in [0.15, 0.2) is 40.9 Å². The van der Waals surface area contributed by atoms with Crippen LogP contribution in [0.25, 0.3) is 0 Å². The standard InChI is InChI=1S/C15H14BrFIN/c1-9-3-5-13(17)11(7-9)15(19-2)12-8-10(16)4-6-14(12)18/h3-8,15,19H,1-2H3. The maximum Gasteiger partial charge on any atom is 0.128 e. The van der Waals surface area contributed by atoms with Crippen molar-refractivity contribution in [3.05, 3.63) is 66.9 Å². The first-order valence-corrected chi connectivity index (χ1v) is 7.78. The monoisotopic (exact) mass is 433 g/mol. The summed E-state index contributed by atoms with van der Waals surface area (Å²) in [6, 6.07) is 11.1. The molecule has 1 N–H and O–H groups in total. The highest BCUT2D eigenvalue weighted by Gasteiger charge is 2.18. The van der Waals surface area contributed by atoms with Gasteiger partial charge in [-0.25, -0.2) is 4.39 Å². The minimum atomic E-state index is -0.180. The Balaban J connectivity index is 2.55. The number of hydrogen-bond donors (Lipinski definition) is 1. The maximum atomic E-state index is 14.1. The molecule has 0 aliphatic carbocycles. The van der Waals surface area contributed by atoms with Gasteiger partial charge >= 0.3 is 0 Å². The van der Waals surface area contributed by atoms with Crippen LogP contribution in [0.3, 0.4) is 0 Å². The normalized spacial score (nSPS) is 12.5. The predicted octanol–water partition coefficient (Wildman–Crippen LogP) is 4.81. The minimum absolute atomic E-state index is 0.149. The molecule has 0 amide bonds. The van der Waals surface area contributed by atoms with Crippen LogP contribution < -0.4 is 5.32 Å². The molecule has 0 saturated carbocycles. The van der Waals surface area contributed by atoms with Crippen LogP contribution in [-0.2, 0) is 0 Å². The first-order valence-electron chi connectivity index (χ1n) is 5.91. The van der Waals surface area contributed by atoms with Crippen LogP contribution in [0.5, 0.6) is 0 Å². The molecule has 1 atom stereocenters. The SMILES string of the molecule is CNC(c1cc(C)ccc1F)c1cc(Br)ccc1I. The lowest BCUT2D eigenvalue weighted by atomic mass is 9.97. The summed E-state index contributed by atoms with van der Waals surface area (Å²) < 4.78 is 16.2. The molecule has 0 aromatic heterocycles. The van der Waals surface area contributed by atoms with Crippen molar-refractivity contribution in [2.75, 3.05) is 7.05 Å². The molecule has 0 aliphatic rings. The van der Waals surface area contributed by atoms with Crippen molar-refractivity contribution in [2.24, 2.45) is 0 Å². The Kier molecular flexibility index (Phi) is 4.97. The third kappa shape index (κ3) is 3.35. The highest BCUT2D eigenvalue weighted by atomic mass is 127. The molecule has 2 aromatic carbocycles. The van der Waals surface area contributed by atoms with Gasteiger partial charge in [0.05, 0.1) is 6.04 Å². The van der Waals surface area contributed by atoms with E-state index in [1.165, 1.54) is 6.07 Å². The van der Waals surface area contributed by atoms with E-state index < -0.39 is 0 Å². The third-order valence-corrected chi connectivity index (χ3v) is 4.50. The van der Waals surface area contributed by atoms with Crippen LogP contribution >= 0.6 is 38.5 Å². The smallest absolute Gasteiger partial charge is 0.128 e. The highest BCUT2D eigenvalue weighted by Crippen LogP contribution is 2.30. The lowest BCUT2D eigenvalue weighted by molar-refractivity contribution is 0.574.